The molecule has 6 heteroatoms. The summed E-state index contributed by atoms with van der Waals surface area (Å²) in [5, 5.41) is 3.08. The number of anilines is 1. The molecule has 1 N–H and O–H groups in total. The highest BCUT2D eigenvalue weighted by Crippen LogP contribution is 2.24. The molecule has 0 aliphatic heterocycles. The van der Waals surface area contributed by atoms with Gasteiger partial charge in [-0.05, 0) is 13.3 Å². The second kappa shape index (κ2) is 9.52. The lowest BCUT2D eigenvalue weighted by Crippen LogP contribution is -2.12. The molecule has 0 saturated heterocycles. The average Bonchev–Trinajstić information content (AvgIpc) is 2.47. The summed E-state index contributed by atoms with van der Waals surface area (Å²) in [4.78, 5) is 8.96. The lowest BCUT2D eigenvalue weighted by molar-refractivity contribution is 0.0793. The van der Waals surface area contributed by atoms with Crippen molar-refractivity contribution in [2.75, 3.05) is 45.9 Å². The average molecular weight is 297 g/mol. The fraction of sp³-hybridized carbons (Fsp3) is 0.733. The first kappa shape index (κ1) is 17.7. The molecule has 0 aliphatic rings. The summed E-state index contributed by atoms with van der Waals surface area (Å²) in [6.07, 6.45) is 0.893. The summed E-state index contributed by atoms with van der Waals surface area (Å²) < 4.78 is 16.2. The van der Waals surface area contributed by atoms with Gasteiger partial charge in [0.05, 0.1) is 12.2 Å². The first-order chi connectivity index (χ1) is 10.1. The van der Waals surface area contributed by atoms with Crippen LogP contribution in [-0.4, -0.2) is 50.6 Å². The molecule has 1 aromatic heterocycles. The van der Waals surface area contributed by atoms with Gasteiger partial charge in [0, 0.05) is 33.3 Å². The first-order valence-electron chi connectivity index (χ1n) is 7.35. The Hall–Kier alpha value is -1.40. The Kier molecular flexibility index (Phi) is 8.00. The SMILES string of the molecule is CNc1nc(C(C)C)nc(OCCOCCCOC)c1C. The van der Waals surface area contributed by atoms with Crippen molar-refractivity contribution in [1.29, 1.82) is 0 Å². The third-order valence-electron chi connectivity index (χ3n) is 2.98. The molecule has 120 valence electrons. The third-order valence-corrected chi connectivity index (χ3v) is 2.98. The molecular formula is C15H27N3O3. The molecule has 6 nitrogen and oxygen atoms in total. The Morgan fingerprint density at radius 2 is 1.86 bits per heavy atom. The van der Waals surface area contributed by atoms with Crippen LogP contribution in [0.5, 0.6) is 5.88 Å². The molecule has 1 rings (SSSR count). The van der Waals surface area contributed by atoms with Crippen LogP contribution in [0.4, 0.5) is 5.82 Å². The van der Waals surface area contributed by atoms with E-state index < -0.39 is 0 Å². The number of hydrogen-bond donors (Lipinski definition) is 1. The number of methoxy groups -OCH3 is 1. The zero-order valence-corrected chi connectivity index (χ0v) is 13.7. The molecule has 1 heterocycles. The molecule has 0 saturated carbocycles. The third kappa shape index (κ3) is 5.85. The summed E-state index contributed by atoms with van der Waals surface area (Å²) in [6, 6.07) is 0. The van der Waals surface area contributed by atoms with Crippen LogP contribution in [0.15, 0.2) is 0 Å². The molecule has 0 atom stereocenters. The van der Waals surface area contributed by atoms with Crippen LogP contribution in [0.2, 0.25) is 0 Å². The predicted octanol–water partition coefficient (Wildman–Crippen LogP) is 2.38. The minimum atomic E-state index is 0.255. The Morgan fingerprint density at radius 3 is 2.48 bits per heavy atom. The molecule has 21 heavy (non-hydrogen) atoms. The molecule has 0 aromatic carbocycles. The van der Waals surface area contributed by atoms with Gasteiger partial charge in [0.2, 0.25) is 5.88 Å². The van der Waals surface area contributed by atoms with Crippen molar-refractivity contribution < 1.29 is 14.2 Å². The number of nitrogens with one attached hydrogen (secondary N) is 1. The van der Waals surface area contributed by atoms with Gasteiger partial charge in [-0.3, -0.25) is 0 Å². The molecule has 0 aliphatic carbocycles. The zero-order chi connectivity index (χ0) is 15.7. The van der Waals surface area contributed by atoms with Crippen LogP contribution >= 0.6 is 0 Å². The van der Waals surface area contributed by atoms with Crippen LogP contribution in [0.25, 0.3) is 0 Å². The van der Waals surface area contributed by atoms with Gasteiger partial charge in [-0.15, -0.1) is 0 Å². The lowest BCUT2D eigenvalue weighted by Gasteiger charge is -2.14. The maximum absolute atomic E-state index is 5.73. The Bertz CT molecular complexity index is 425. The van der Waals surface area contributed by atoms with Crippen molar-refractivity contribution in [1.82, 2.24) is 9.97 Å². The van der Waals surface area contributed by atoms with E-state index in [0.29, 0.717) is 25.7 Å². The van der Waals surface area contributed by atoms with E-state index in [9.17, 15) is 0 Å². The standard InChI is InChI=1S/C15H27N3O3/c1-11(2)13-17-14(16-4)12(3)15(18-13)21-10-9-20-8-6-7-19-5/h11H,6-10H2,1-5H3,(H,16,17,18). The van der Waals surface area contributed by atoms with E-state index in [0.717, 1.165) is 30.2 Å². The van der Waals surface area contributed by atoms with Gasteiger partial charge in [0.1, 0.15) is 18.2 Å². The molecule has 0 amide bonds. The number of hydrogen-bond acceptors (Lipinski definition) is 6. The highest BCUT2D eigenvalue weighted by molar-refractivity contribution is 5.48. The monoisotopic (exact) mass is 297 g/mol. The molecule has 0 spiro atoms. The van der Waals surface area contributed by atoms with E-state index in [4.69, 9.17) is 14.2 Å². The van der Waals surface area contributed by atoms with Crippen molar-refractivity contribution in [3.8, 4) is 5.88 Å². The molecule has 1 aromatic rings. The van der Waals surface area contributed by atoms with Gasteiger partial charge in [0.15, 0.2) is 0 Å². The second-order valence-corrected chi connectivity index (χ2v) is 5.07. The molecule has 0 unspecified atom stereocenters. The van der Waals surface area contributed by atoms with Crippen molar-refractivity contribution in [3.63, 3.8) is 0 Å². The number of rotatable bonds is 10. The van der Waals surface area contributed by atoms with E-state index in [1.165, 1.54) is 0 Å². The number of ether oxygens (including phenoxy) is 3. The normalized spacial score (nSPS) is 11.0. The highest BCUT2D eigenvalue weighted by atomic mass is 16.5. The van der Waals surface area contributed by atoms with Gasteiger partial charge >= 0.3 is 0 Å². The topological polar surface area (TPSA) is 65.5 Å². The van der Waals surface area contributed by atoms with Crippen molar-refractivity contribution in [2.45, 2.75) is 33.1 Å². The van der Waals surface area contributed by atoms with Crippen LogP contribution in [0.1, 0.15) is 37.6 Å². The maximum atomic E-state index is 5.73. The largest absolute Gasteiger partial charge is 0.475 e. The van der Waals surface area contributed by atoms with Crippen LogP contribution in [0, 0.1) is 6.92 Å². The summed E-state index contributed by atoms with van der Waals surface area (Å²) >= 11 is 0. The van der Waals surface area contributed by atoms with E-state index in [2.05, 4.69) is 29.1 Å². The fourth-order valence-electron chi connectivity index (χ4n) is 1.76. The highest BCUT2D eigenvalue weighted by Gasteiger charge is 2.13. The van der Waals surface area contributed by atoms with Gasteiger partial charge in [-0.1, -0.05) is 13.8 Å². The molecule has 0 radical (unpaired) electrons. The zero-order valence-electron chi connectivity index (χ0n) is 13.7. The number of aromatic nitrogens is 2. The van der Waals surface area contributed by atoms with Crippen LogP contribution < -0.4 is 10.1 Å². The summed E-state index contributed by atoms with van der Waals surface area (Å²) in [7, 11) is 3.54. The summed E-state index contributed by atoms with van der Waals surface area (Å²) in [5.41, 5.74) is 0.918. The van der Waals surface area contributed by atoms with Crippen LogP contribution in [-0.2, 0) is 9.47 Å². The van der Waals surface area contributed by atoms with Gasteiger partial charge < -0.3 is 19.5 Å². The van der Waals surface area contributed by atoms with Gasteiger partial charge in [0.25, 0.3) is 0 Å². The van der Waals surface area contributed by atoms with E-state index in [1.807, 2.05) is 14.0 Å². The van der Waals surface area contributed by atoms with Crippen molar-refractivity contribution in [3.05, 3.63) is 11.4 Å². The first-order valence-corrected chi connectivity index (χ1v) is 7.35. The number of nitrogens with zero attached hydrogens (tertiary/aromatic N) is 2. The molecular weight excluding hydrogens is 270 g/mol. The minimum absolute atomic E-state index is 0.255. The summed E-state index contributed by atoms with van der Waals surface area (Å²) in [6.45, 7) is 8.49. The summed E-state index contributed by atoms with van der Waals surface area (Å²) in [5.74, 6) is 2.47. The van der Waals surface area contributed by atoms with Gasteiger partial charge in [-0.25, -0.2) is 4.98 Å². The van der Waals surface area contributed by atoms with Crippen molar-refractivity contribution in [2.24, 2.45) is 0 Å². The maximum Gasteiger partial charge on any atom is 0.221 e. The van der Waals surface area contributed by atoms with Crippen molar-refractivity contribution >= 4 is 5.82 Å². The van der Waals surface area contributed by atoms with E-state index in [-0.39, 0.29) is 5.92 Å². The second-order valence-electron chi connectivity index (χ2n) is 5.07. The van der Waals surface area contributed by atoms with E-state index >= 15 is 0 Å². The Balaban J connectivity index is 2.52. The predicted molar refractivity (Wildman–Crippen MR) is 83.2 cm³/mol. The fourth-order valence-corrected chi connectivity index (χ4v) is 1.76. The molecule has 0 bridgehead atoms. The Morgan fingerprint density at radius 1 is 1.10 bits per heavy atom. The van der Waals surface area contributed by atoms with Gasteiger partial charge in [-0.2, -0.15) is 4.98 Å². The van der Waals surface area contributed by atoms with E-state index in [1.54, 1.807) is 7.11 Å². The smallest absolute Gasteiger partial charge is 0.221 e. The Labute approximate surface area is 127 Å². The lowest BCUT2D eigenvalue weighted by atomic mass is 10.2. The quantitative estimate of drug-likeness (QED) is 0.669. The minimum Gasteiger partial charge on any atom is -0.475 e. The molecule has 0 fully saturated rings. The van der Waals surface area contributed by atoms with Crippen LogP contribution in [0.3, 0.4) is 0 Å².